The summed E-state index contributed by atoms with van der Waals surface area (Å²) in [5, 5.41) is 4.35. The van der Waals surface area contributed by atoms with Crippen molar-refractivity contribution in [1.29, 1.82) is 0 Å². The minimum atomic E-state index is -0.512. The minimum absolute atomic E-state index is 0.407. The summed E-state index contributed by atoms with van der Waals surface area (Å²) >= 11 is 5.73. The number of oxime groups is 1. The van der Waals surface area contributed by atoms with E-state index < -0.39 is 5.97 Å². The normalized spacial score (nSPS) is 11.3. The molecule has 0 unspecified atom stereocenters. The van der Waals surface area contributed by atoms with Crippen molar-refractivity contribution in [2.45, 2.75) is 6.92 Å². The number of benzene rings is 1. The molecule has 2 aromatic rings. The zero-order valence-electron chi connectivity index (χ0n) is 9.68. The number of carbonyl (C=O) groups excluding carboxylic acids is 1. The summed E-state index contributed by atoms with van der Waals surface area (Å²) in [5.41, 5.74) is 1.91. The van der Waals surface area contributed by atoms with Crippen molar-refractivity contribution < 1.29 is 9.63 Å². The van der Waals surface area contributed by atoms with Crippen molar-refractivity contribution in [2.24, 2.45) is 5.16 Å². The number of aromatic amines is 1. The molecule has 5 heteroatoms. The molecule has 18 heavy (non-hydrogen) atoms. The third-order valence-corrected chi connectivity index (χ3v) is 2.61. The van der Waals surface area contributed by atoms with Crippen LogP contribution in [0, 0.1) is 0 Å². The minimum Gasteiger partial charge on any atom is -0.367 e. The number of nitrogens with one attached hydrogen (secondary N) is 1. The molecule has 4 nitrogen and oxygen atoms in total. The van der Waals surface area contributed by atoms with E-state index in [1.807, 2.05) is 6.07 Å². The number of hydrogen-bond donors (Lipinski definition) is 1. The van der Waals surface area contributed by atoms with Gasteiger partial charge >= 0.3 is 5.97 Å². The van der Waals surface area contributed by atoms with Crippen molar-refractivity contribution in [1.82, 2.24) is 4.98 Å². The molecule has 0 saturated heterocycles. The summed E-state index contributed by atoms with van der Waals surface area (Å²) < 4.78 is 0. The fourth-order valence-electron chi connectivity index (χ4n) is 1.35. The van der Waals surface area contributed by atoms with Gasteiger partial charge in [0.05, 0.1) is 11.3 Å². The van der Waals surface area contributed by atoms with Gasteiger partial charge in [-0.2, -0.15) is 0 Å². The van der Waals surface area contributed by atoms with Gasteiger partial charge in [0.2, 0.25) is 0 Å². The van der Waals surface area contributed by atoms with Gasteiger partial charge in [0.15, 0.2) is 0 Å². The van der Waals surface area contributed by atoms with Crippen LogP contribution in [-0.4, -0.2) is 16.7 Å². The van der Waals surface area contributed by atoms with Gasteiger partial charge in [-0.25, -0.2) is 4.79 Å². The predicted octanol–water partition coefficient (Wildman–Crippen LogP) is 3.25. The number of rotatable bonds is 3. The molecule has 1 aromatic carbocycles. The molecule has 0 aliphatic heterocycles. The number of halogens is 1. The van der Waals surface area contributed by atoms with Gasteiger partial charge in [-0.05, 0) is 37.3 Å². The van der Waals surface area contributed by atoms with Crippen LogP contribution in [0.5, 0.6) is 0 Å². The first-order valence-electron chi connectivity index (χ1n) is 5.31. The molecular formula is C13H11ClN2O2. The van der Waals surface area contributed by atoms with E-state index in [1.165, 1.54) is 0 Å². The summed E-state index contributed by atoms with van der Waals surface area (Å²) in [6.07, 6.45) is 3.55. The van der Waals surface area contributed by atoms with Crippen LogP contribution in [0.25, 0.3) is 0 Å². The molecule has 0 saturated carbocycles. The Balaban J connectivity index is 2.04. The molecule has 1 heterocycles. The van der Waals surface area contributed by atoms with E-state index >= 15 is 0 Å². The summed E-state index contributed by atoms with van der Waals surface area (Å²) in [7, 11) is 0. The summed E-state index contributed by atoms with van der Waals surface area (Å²) in [4.78, 5) is 19.4. The third kappa shape index (κ3) is 2.99. The highest BCUT2D eigenvalue weighted by Crippen LogP contribution is 2.10. The van der Waals surface area contributed by atoms with Crippen LogP contribution >= 0.6 is 11.6 Å². The standard InChI is InChI=1S/C13H11ClN2O2/c1-9(11-6-7-15-8-11)16-18-13(17)10-2-4-12(14)5-3-10/h2-8,15H,1H3/b16-9-. The van der Waals surface area contributed by atoms with E-state index in [0.29, 0.717) is 16.3 Å². The Bertz CT molecular complexity index is 559. The largest absolute Gasteiger partial charge is 0.367 e. The van der Waals surface area contributed by atoms with E-state index in [2.05, 4.69) is 10.1 Å². The highest BCUT2D eigenvalue weighted by Gasteiger charge is 2.07. The lowest BCUT2D eigenvalue weighted by molar-refractivity contribution is 0.0516. The van der Waals surface area contributed by atoms with Gasteiger partial charge in [-0.15, -0.1) is 0 Å². The highest BCUT2D eigenvalue weighted by molar-refractivity contribution is 6.30. The molecule has 2 rings (SSSR count). The molecule has 0 radical (unpaired) electrons. The number of H-pyrrole nitrogens is 1. The highest BCUT2D eigenvalue weighted by atomic mass is 35.5. The fraction of sp³-hybridized carbons (Fsp3) is 0.0769. The Labute approximate surface area is 109 Å². The monoisotopic (exact) mass is 262 g/mol. The van der Waals surface area contributed by atoms with E-state index in [0.717, 1.165) is 5.56 Å². The van der Waals surface area contributed by atoms with Crippen LogP contribution in [0.2, 0.25) is 5.02 Å². The van der Waals surface area contributed by atoms with Crippen molar-refractivity contribution >= 4 is 23.3 Å². The molecule has 0 fully saturated rings. The average Bonchev–Trinajstić information content (AvgIpc) is 2.90. The maximum atomic E-state index is 11.6. The van der Waals surface area contributed by atoms with Gasteiger partial charge in [0.25, 0.3) is 0 Å². The molecule has 0 amide bonds. The van der Waals surface area contributed by atoms with Gasteiger partial charge in [-0.3, -0.25) is 0 Å². The fourth-order valence-corrected chi connectivity index (χ4v) is 1.48. The molecule has 0 aliphatic carbocycles. The second kappa shape index (κ2) is 5.51. The lowest BCUT2D eigenvalue weighted by atomic mass is 10.2. The molecule has 1 aromatic heterocycles. The number of nitrogens with zero attached hydrogens (tertiary/aromatic N) is 1. The molecule has 1 N–H and O–H groups in total. The lowest BCUT2D eigenvalue weighted by Gasteiger charge is -1.99. The van der Waals surface area contributed by atoms with Crippen molar-refractivity contribution in [2.75, 3.05) is 0 Å². The Morgan fingerprint density at radius 3 is 2.56 bits per heavy atom. The molecule has 0 atom stereocenters. The van der Waals surface area contributed by atoms with Crippen molar-refractivity contribution in [3.05, 3.63) is 58.9 Å². The SMILES string of the molecule is C/C(=N/OC(=O)c1ccc(Cl)cc1)c1cc[nH]c1. The second-order valence-corrected chi connectivity index (χ2v) is 4.10. The maximum absolute atomic E-state index is 11.6. The van der Waals surface area contributed by atoms with Crippen LogP contribution in [0.3, 0.4) is 0 Å². The van der Waals surface area contributed by atoms with E-state index in [-0.39, 0.29) is 0 Å². The van der Waals surface area contributed by atoms with E-state index in [9.17, 15) is 4.79 Å². The zero-order chi connectivity index (χ0) is 13.0. The summed E-state index contributed by atoms with van der Waals surface area (Å²) in [6.45, 7) is 1.76. The van der Waals surface area contributed by atoms with Gasteiger partial charge in [0.1, 0.15) is 0 Å². The Morgan fingerprint density at radius 2 is 1.94 bits per heavy atom. The van der Waals surface area contributed by atoms with Gasteiger partial charge in [-0.1, -0.05) is 16.8 Å². The second-order valence-electron chi connectivity index (χ2n) is 3.66. The molecule has 92 valence electrons. The molecule has 0 bridgehead atoms. The van der Waals surface area contributed by atoms with Crippen LogP contribution in [-0.2, 0) is 4.84 Å². The quantitative estimate of drug-likeness (QED) is 0.524. The van der Waals surface area contributed by atoms with E-state index in [1.54, 1.807) is 43.6 Å². The maximum Gasteiger partial charge on any atom is 0.365 e. The topological polar surface area (TPSA) is 54.4 Å². The van der Waals surface area contributed by atoms with E-state index in [4.69, 9.17) is 16.4 Å². The Morgan fingerprint density at radius 1 is 1.22 bits per heavy atom. The summed E-state index contributed by atoms with van der Waals surface area (Å²) in [5.74, 6) is -0.512. The molecule has 0 spiro atoms. The lowest BCUT2D eigenvalue weighted by Crippen LogP contribution is -2.03. The number of hydrogen-bond acceptors (Lipinski definition) is 3. The third-order valence-electron chi connectivity index (χ3n) is 2.36. The first-order valence-corrected chi connectivity index (χ1v) is 5.69. The Hall–Kier alpha value is -2.07. The van der Waals surface area contributed by atoms with Crippen molar-refractivity contribution in [3.63, 3.8) is 0 Å². The van der Waals surface area contributed by atoms with Crippen molar-refractivity contribution in [3.8, 4) is 0 Å². The van der Waals surface area contributed by atoms with Gasteiger partial charge < -0.3 is 9.82 Å². The van der Waals surface area contributed by atoms with Crippen LogP contribution in [0.1, 0.15) is 22.8 Å². The molecule has 0 aliphatic rings. The van der Waals surface area contributed by atoms with Crippen LogP contribution in [0.4, 0.5) is 0 Å². The zero-order valence-corrected chi connectivity index (χ0v) is 10.4. The Kier molecular flexibility index (Phi) is 3.79. The van der Waals surface area contributed by atoms with Gasteiger partial charge in [0, 0.05) is 23.0 Å². The number of aromatic nitrogens is 1. The first kappa shape index (κ1) is 12.4. The van der Waals surface area contributed by atoms with Crippen LogP contribution < -0.4 is 0 Å². The average molecular weight is 263 g/mol. The summed E-state index contributed by atoms with van der Waals surface area (Å²) in [6, 6.07) is 8.27. The van der Waals surface area contributed by atoms with Crippen LogP contribution in [0.15, 0.2) is 47.9 Å². The molecular weight excluding hydrogens is 252 g/mol. The predicted molar refractivity (Wildman–Crippen MR) is 69.9 cm³/mol. The smallest absolute Gasteiger partial charge is 0.365 e. The first-order chi connectivity index (χ1) is 8.66. The number of carbonyl (C=O) groups is 1.